The van der Waals surface area contributed by atoms with Crippen LogP contribution in [0, 0.1) is 0 Å². The van der Waals surface area contributed by atoms with E-state index in [2.05, 4.69) is 0 Å². The Kier molecular flexibility index (Phi) is 2.08. The van der Waals surface area contributed by atoms with Gasteiger partial charge in [0, 0.05) is 11.6 Å². The molecule has 86 valence electrons. The van der Waals surface area contributed by atoms with Gasteiger partial charge in [0.15, 0.2) is 5.78 Å². The van der Waals surface area contributed by atoms with Crippen molar-refractivity contribution in [2.24, 2.45) is 0 Å². The number of carbonyl (C=O) groups is 1. The van der Waals surface area contributed by atoms with Gasteiger partial charge in [-0.25, -0.2) is 0 Å². The molecule has 2 aliphatic rings. The predicted molar refractivity (Wildman–Crippen MR) is 63.9 cm³/mol. The molecule has 3 heteroatoms. The number of aromatic hydroxyl groups is 1. The van der Waals surface area contributed by atoms with Crippen molar-refractivity contribution in [3.05, 3.63) is 41.5 Å². The van der Waals surface area contributed by atoms with Gasteiger partial charge in [-0.2, -0.15) is 0 Å². The van der Waals surface area contributed by atoms with E-state index in [1.165, 1.54) is 0 Å². The SMILES string of the molecule is CC1=C2C=CC(=O)CC2Oc2cc(O)ccc21. The maximum absolute atomic E-state index is 11.4. The minimum absolute atomic E-state index is 0.0788. The van der Waals surface area contributed by atoms with Crippen molar-refractivity contribution in [2.45, 2.75) is 19.4 Å². The zero-order valence-corrected chi connectivity index (χ0v) is 9.43. The second kappa shape index (κ2) is 3.48. The number of phenolic OH excluding ortho intramolecular Hbond substituents is 1. The van der Waals surface area contributed by atoms with Crippen LogP contribution in [0.4, 0.5) is 0 Å². The van der Waals surface area contributed by atoms with Crippen molar-refractivity contribution in [3.63, 3.8) is 0 Å². The van der Waals surface area contributed by atoms with Gasteiger partial charge in [0.2, 0.25) is 0 Å². The Morgan fingerprint density at radius 2 is 2.18 bits per heavy atom. The average Bonchev–Trinajstić information content (AvgIpc) is 2.28. The van der Waals surface area contributed by atoms with Crippen molar-refractivity contribution in [3.8, 4) is 11.5 Å². The summed E-state index contributed by atoms with van der Waals surface area (Å²) in [6.07, 6.45) is 3.60. The molecule has 3 rings (SSSR count). The number of hydrogen-bond donors (Lipinski definition) is 1. The van der Waals surface area contributed by atoms with E-state index in [9.17, 15) is 9.90 Å². The Balaban J connectivity index is 2.17. The predicted octanol–water partition coefficient (Wildman–Crippen LogP) is 2.46. The van der Waals surface area contributed by atoms with Crippen LogP contribution < -0.4 is 4.74 Å². The molecule has 0 saturated heterocycles. The molecule has 1 heterocycles. The van der Waals surface area contributed by atoms with Gasteiger partial charge in [-0.1, -0.05) is 6.08 Å². The highest BCUT2D eigenvalue weighted by Gasteiger charge is 2.29. The van der Waals surface area contributed by atoms with E-state index < -0.39 is 0 Å². The van der Waals surface area contributed by atoms with Crippen LogP contribution in [-0.2, 0) is 4.79 Å². The minimum Gasteiger partial charge on any atom is -0.508 e. The summed E-state index contributed by atoms with van der Waals surface area (Å²) in [5.74, 6) is 0.909. The maximum Gasteiger partial charge on any atom is 0.159 e. The lowest BCUT2D eigenvalue weighted by Gasteiger charge is -2.30. The van der Waals surface area contributed by atoms with E-state index in [-0.39, 0.29) is 17.6 Å². The van der Waals surface area contributed by atoms with Gasteiger partial charge >= 0.3 is 0 Å². The molecule has 17 heavy (non-hydrogen) atoms. The lowest BCUT2D eigenvalue weighted by molar-refractivity contribution is -0.116. The molecule has 0 aromatic heterocycles. The Hall–Kier alpha value is -2.03. The second-order valence-corrected chi connectivity index (χ2v) is 4.37. The van der Waals surface area contributed by atoms with E-state index >= 15 is 0 Å². The van der Waals surface area contributed by atoms with Gasteiger partial charge in [-0.15, -0.1) is 0 Å². The largest absolute Gasteiger partial charge is 0.508 e. The molecular weight excluding hydrogens is 216 g/mol. The Morgan fingerprint density at radius 3 is 3.00 bits per heavy atom. The average molecular weight is 228 g/mol. The molecule has 1 atom stereocenters. The lowest BCUT2D eigenvalue weighted by Crippen LogP contribution is -2.28. The highest BCUT2D eigenvalue weighted by Crippen LogP contribution is 2.39. The number of rotatable bonds is 0. The van der Waals surface area contributed by atoms with Crippen molar-refractivity contribution < 1.29 is 14.6 Å². The topological polar surface area (TPSA) is 46.5 Å². The van der Waals surface area contributed by atoms with Crippen LogP contribution in [0.2, 0.25) is 0 Å². The molecule has 1 aromatic rings. The smallest absolute Gasteiger partial charge is 0.159 e. The summed E-state index contributed by atoms with van der Waals surface area (Å²) in [6, 6.07) is 5.08. The number of carbonyl (C=O) groups excluding carboxylic acids is 1. The summed E-state index contributed by atoms with van der Waals surface area (Å²) in [5, 5.41) is 9.45. The summed E-state index contributed by atoms with van der Waals surface area (Å²) in [6.45, 7) is 2.01. The quantitative estimate of drug-likeness (QED) is 0.742. The zero-order chi connectivity index (χ0) is 12.0. The van der Waals surface area contributed by atoms with Crippen LogP contribution in [-0.4, -0.2) is 17.0 Å². The van der Waals surface area contributed by atoms with Crippen molar-refractivity contribution in [1.29, 1.82) is 0 Å². The highest BCUT2D eigenvalue weighted by atomic mass is 16.5. The molecule has 0 bridgehead atoms. The van der Waals surface area contributed by atoms with E-state index in [0.717, 1.165) is 16.7 Å². The van der Waals surface area contributed by atoms with E-state index in [0.29, 0.717) is 12.2 Å². The van der Waals surface area contributed by atoms with Crippen LogP contribution in [0.3, 0.4) is 0 Å². The number of benzene rings is 1. The van der Waals surface area contributed by atoms with Crippen LogP contribution in [0.25, 0.3) is 5.57 Å². The number of allylic oxidation sites excluding steroid dienone is 2. The molecule has 1 N–H and O–H groups in total. The van der Waals surface area contributed by atoms with Crippen LogP contribution in [0.1, 0.15) is 18.9 Å². The first-order valence-corrected chi connectivity index (χ1v) is 5.57. The molecule has 1 unspecified atom stereocenters. The summed E-state index contributed by atoms with van der Waals surface area (Å²) in [5.41, 5.74) is 3.15. The first kappa shape index (κ1) is 10.1. The van der Waals surface area contributed by atoms with Gasteiger partial charge in [0.05, 0.1) is 6.42 Å². The molecule has 1 aliphatic heterocycles. The molecule has 0 saturated carbocycles. The Bertz CT molecular complexity index is 567. The fraction of sp³-hybridized carbons (Fsp3) is 0.214. The fourth-order valence-electron chi connectivity index (χ4n) is 2.35. The Labute approximate surface area is 99.0 Å². The summed E-state index contributed by atoms with van der Waals surface area (Å²) in [7, 11) is 0. The molecular formula is C14H12O3. The fourth-order valence-corrected chi connectivity index (χ4v) is 2.35. The van der Waals surface area contributed by atoms with Crippen molar-refractivity contribution in [1.82, 2.24) is 0 Å². The van der Waals surface area contributed by atoms with Crippen LogP contribution >= 0.6 is 0 Å². The van der Waals surface area contributed by atoms with Gasteiger partial charge in [-0.05, 0) is 36.3 Å². The molecule has 1 aliphatic carbocycles. The highest BCUT2D eigenvalue weighted by molar-refractivity contribution is 5.94. The molecule has 3 nitrogen and oxygen atoms in total. The first-order chi connectivity index (χ1) is 8.15. The number of ketones is 1. The second-order valence-electron chi connectivity index (χ2n) is 4.37. The summed E-state index contributed by atoms with van der Waals surface area (Å²) < 4.78 is 5.77. The number of hydrogen-bond acceptors (Lipinski definition) is 3. The van der Waals surface area contributed by atoms with E-state index in [1.807, 2.05) is 19.1 Å². The van der Waals surface area contributed by atoms with E-state index in [1.54, 1.807) is 18.2 Å². The first-order valence-electron chi connectivity index (χ1n) is 5.57. The van der Waals surface area contributed by atoms with Gasteiger partial charge in [0.1, 0.15) is 17.6 Å². The van der Waals surface area contributed by atoms with Crippen molar-refractivity contribution in [2.75, 3.05) is 0 Å². The van der Waals surface area contributed by atoms with Crippen LogP contribution in [0.15, 0.2) is 35.9 Å². The monoisotopic (exact) mass is 228 g/mol. The maximum atomic E-state index is 11.4. The molecule has 1 aromatic carbocycles. The molecule has 0 radical (unpaired) electrons. The number of fused-ring (bicyclic) bond motifs is 2. The lowest BCUT2D eigenvalue weighted by atomic mass is 9.88. The third-order valence-electron chi connectivity index (χ3n) is 3.25. The standard InChI is InChI=1S/C14H12O3/c1-8-11-4-2-9(15)6-13(11)17-14-7-10(16)3-5-12(8)14/h2-6,14-15H,7H2,1H3. The molecule has 0 spiro atoms. The molecule has 0 amide bonds. The Morgan fingerprint density at radius 1 is 1.35 bits per heavy atom. The summed E-state index contributed by atoms with van der Waals surface area (Å²) in [4.78, 5) is 11.4. The minimum atomic E-state index is -0.207. The van der Waals surface area contributed by atoms with Crippen LogP contribution in [0.5, 0.6) is 11.5 Å². The number of phenols is 1. The molecule has 0 fully saturated rings. The van der Waals surface area contributed by atoms with Crippen molar-refractivity contribution >= 4 is 11.4 Å². The zero-order valence-electron chi connectivity index (χ0n) is 9.43. The third kappa shape index (κ3) is 1.55. The van der Waals surface area contributed by atoms with Gasteiger partial charge in [-0.3, -0.25) is 4.79 Å². The van der Waals surface area contributed by atoms with E-state index in [4.69, 9.17) is 4.74 Å². The van der Waals surface area contributed by atoms with Gasteiger partial charge < -0.3 is 9.84 Å². The third-order valence-corrected chi connectivity index (χ3v) is 3.25. The summed E-state index contributed by atoms with van der Waals surface area (Å²) >= 11 is 0. The van der Waals surface area contributed by atoms with Gasteiger partial charge in [0.25, 0.3) is 0 Å². The normalized spacial score (nSPS) is 21.9. The number of ether oxygens (including phenoxy) is 1.